The topological polar surface area (TPSA) is 29.6 Å². The zero-order valence-corrected chi connectivity index (χ0v) is 79.5. The molecule has 32 aromatic rings. The van der Waals surface area contributed by atoms with Gasteiger partial charge >= 0.3 is 0 Å². The first-order valence-corrected chi connectivity index (χ1v) is 50.4. The second kappa shape index (κ2) is 33.1. The van der Waals surface area contributed by atoms with Crippen molar-refractivity contribution >= 4 is 217 Å². The van der Waals surface area contributed by atoms with Crippen LogP contribution in [0, 0.1) is 0 Å². The van der Waals surface area contributed by atoms with Gasteiger partial charge in [0, 0.05) is 98.2 Å². The molecule has 0 bridgehead atoms. The molecular formula is C140H88N6. The highest BCUT2D eigenvalue weighted by Gasteiger charge is 2.25. The maximum atomic E-state index is 2.43. The van der Waals surface area contributed by atoms with Crippen molar-refractivity contribution in [2.75, 3.05) is 0 Å². The summed E-state index contributed by atoms with van der Waals surface area (Å²) in [6.45, 7) is 0. The van der Waals surface area contributed by atoms with Crippen LogP contribution < -0.4 is 0 Å². The van der Waals surface area contributed by atoms with E-state index < -0.39 is 0 Å². The molecule has 0 N–H and O–H groups in total. The van der Waals surface area contributed by atoms with Crippen molar-refractivity contribution in [3.05, 3.63) is 534 Å². The largest absolute Gasteiger partial charge is 0.309 e. The van der Waals surface area contributed by atoms with Gasteiger partial charge in [-0.1, -0.05) is 364 Å². The monoisotopic (exact) mass is 1850 g/mol. The Morgan fingerprint density at radius 2 is 0.274 bits per heavy atom. The Kier molecular flexibility index (Phi) is 18.7. The van der Waals surface area contributed by atoms with Gasteiger partial charge in [0.2, 0.25) is 0 Å². The van der Waals surface area contributed by atoms with Crippen molar-refractivity contribution in [2.45, 2.75) is 0 Å². The molecule has 6 aromatic heterocycles. The first-order valence-electron chi connectivity index (χ1n) is 50.4. The van der Waals surface area contributed by atoms with Crippen molar-refractivity contribution < 1.29 is 0 Å². The van der Waals surface area contributed by atoms with E-state index in [2.05, 4.69) is 561 Å². The molecule has 0 aliphatic heterocycles. The minimum Gasteiger partial charge on any atom is -0.309 e. The van der Waals surface area contributed by atoms with Crippen LogP contribution in [-0.2, 0) is 0 Å². The number of hydrogen-bond acceptors (Lipinski definition) is 0. The zero-order chi connectivity index (χ0) is 95.7. The Hall–Kier alpha value is -19.4. The van der Waals surface area contributed by atoms with E-state index in [1.807, 2.05) is 0 Å². The lowest BCUT2D eigenvalue weighted by Gasteiger charge is -2.12. The summed E-state index contributed by atoms with van der Waals surface area (Å²) in [5.41, 5.74) is 29.0. The highest BCUT2D eigenvalue weighted by molar-refractivity contribution is 6.20. The molecule has 0 aliphatic carbocycles. The smallest absolute Gasteiger partial charge is 0.0541 e. The van der Waals surface area contributed by atoms with Gasteiger partial charge in [0.05, 0.1) is 77.6 Å². The minimum atomic E-state index is 1.17. The van der Waals surface area contributed by atoms with Crippen LogP contribution in [0.5, 0.6) is 0 Å². The molecule has 26 aromatic carbocycles. The second-order valence-electron chi connectivity index (χ2n) is 39.0. The molecule has 678 valence electrons. The Labute approximate surface area is 839 Å². The molecule has 0 amide bonds. The predicted molar refractivity (Wildman–Crippen MR) is 622 cm³/mol. The van der Waals surface area contributed by atoms with Gasteiger partial charge in [-0.25, -0.2) is 0 Å². The van der Waals surface area contributed by atoms with Crippen LogP contribution >= 0.6 is 0 Å². The minimum absolute atomic E-state index is 1.17. The quantitative estimate of drug-likeness (QED) is 0.129. The van der Waals surface area contributed by atoms with Gasteiger partial charge < -0.3 is 27.4 Å². The maximum Gasteiger partial charge on any atom is 0.0541 e. The lowest BCUT2D eigenvalue weighted by Crippen LogP contribution is -1.95. The summed E-state index contributed by atoms with van der Waals surface area (Å²) in [6, 6.07) is 196. The third-order valence-corrected chi connectivity index (χ3v) is 31.0. The first kappa shape index (κ1) is 82.5. The van der Waals surface area contributed by atoms with Crippen LogP contribution in [0.1, 0.15) is 0 Å². The lowest BCUT2D eigenvalue weighted by atomic mass is 10.0. The maximum absolute atomic E-state index is 2.43. The Balaban J connectivity index is 0.000000102. The van der Waals surface area contributed by atoms with Gasteiger partial charge in [0.15, 0.2) is 0 Å². The molecule has 0 fully saturated rings. The molecule has 0 spiro atoms. The lowest BCUT2D eigenvalue weighted by molar-refractivity contribution is 1.18. The summed E-state index contributed by atoms with van der Waals surface area (Å²) < 4.78 is 14.5. The van der Waals surface area contributed by atoms with Gasteiger partial charge in [-0.15, -0.1) is 0 Å². The fourth-order valence-electron chi connectivity index (χ4n) is 24.2. The summed E-state index contributed by atoms with van der Waals surface area (Å²) in [6.07, 6.45) is 0. The van der Waals surface area contributed by atoms with Gasteiger partial charge in [0.25, 0.3) is 0 Å². The van der Waals surface area contributed by atoms with E-state index in [4.69, 9.17) is 0 Å². The fourth-order valence-corrected chi connectivity index (χ4v) is 24.2. The Morgan fingerprint density at radius 1 is 0.0890 bits per heavy atom. The van der Waals surface area contributed by atoms with Gasteiger partial charge in [-0.2, -0.15) is 0 Å². The van der Waals surface area contributed by atoms with Crippen molar-refractivity contribution in [3.63, 3.8) is 0 Å². The molecule has 6 heteroatoms. The number of para-hydroxylation sites is 6. The molecule has 0 unspecified atom stereocenters. The van der Waals surface area contributed by atoms with Crippen molar-refractivity contribution in [2.24, 2.45) is 0 Å². The highest BCUT2D eigenvalue weighted by atomic mass is 15.0. The molecule has 6 heterocycles. The van der Waals surface area contributed by atoms with E-state index in [9.17, 15) is 0 Å². The van der Waals surface area contributed by atoms with Crippen LogP contribution in [0.4, 0.5) is 0 Å². The van der Waals surface area contributed by atoms with Crippen LogP contribution in [0.2, 0.25) is 0 Å². The summed E-state index contributed by atoms with van der Waals surface area (Å²) in [5, 5.41) is 35.3. The molecule has 146 heavy (non-hydrogen) atoms. The van der Waals surface area contributed by atoms with Crippen LogP contribution in [0.15, 0.2) is 534 Å². The molecule has 6 nitrogen and oxygen atoms in total. The first-order chi connectivity index (χ1) is 72.4. The van der Waals surface area contributed by atoms with Crippen molar-refractivity contribution in [1.82, 2.24) is 27.4 Å². The summed E-state index contributed by atoms with van der Waals surface area (Å²) >= 11 is 0. The average Bonchev–Trinajstić information content (AvgIpc) is 1.59. The number of benzene rings is 26. The molecule has 0 atom stereocenters. The van der Waals surface area contributed by atoms with E-state index in [0.29, 0.717) is 0 Å². The standard InChI is InChI=1S/C52H32N2.2C44H28N2/c1-3-11-41-33(9-1)17-19-35-21-25-39(31-45(35)41)53-49-15-7-5-13-43(49)47-29-37(23-27-51(47)53)38-24-28-52-48(30-38)44-14-6-8-16-50(44)54(52)40-26-22-36-20-18-34-10-2-4-12-42(34)46(36)32-40;1-3-15-33-29(11-1)13-9-21-39(33)45-41-19-7-5-17-35(41)37-27-31(23-25-43(37)45)32-24-26-44-38(28-32)36-18-6-8-20-42(36)46(44)40-22-10-14-30-12-2-4-16-34(30)40;1-3-11-31-25-35(21-17-29(31)9-1)45-41-15-7-5-13-37(41)39-27-33(19-23-43(39)45)34-20-24-44-40(28-34)38-14-6-8-16-42(38)46(44)36-22-18-30-10-2-4-12-32(30)26-36/h1-32H;2*1-28H. The zero-order valence-electron chi connectivity index (χ0n) is 79.5. The number of aromatic nitrogens is 6. The third-order valence-electron chi connectivity index (χ3n) is 31.0. The van der Waals surface area contributed by atoms with Gasteiger partial charge in [-0.05, 0) is 279 Å². The predicted octanol–water partition coefficient (Wildman–Crippen LogP) is 37.9. The molecule has 0 aliphatic rings. The van der Waals surface area contributed by atoms with Gasteiger partial charge in [-0.3, -0.25) is 0 Å². The fraction of sp³-hybridized carbons (Fsp3) is 0. The van der Waals surface area contributed by atoms with E-state index in [1.165, 1.54) is 285 Å². The van der Waals surface area contributed by atoms with E-state index in [-0.39, 0.29) is 0 Å². The Bertz CT molecular complexity index is 10500. The number of hydrogen-bond donors (Lipinski definition) is 0. The molecule has 0 radical (unpaired) electrons. The third kappa shape index (κ3) is 13.1. The highest BCUT2D eigenvalue weighted by Crippen LogP contribution is 2.47. The van der Waals surface area contributed by atoms with E-state index in [1.54, 1.807) is 0 Å². The molecule has 0 saturated carbocycles. The Morgan fingerprint density at radius 3 is 0.562 bits per heavy atom. The van der Waals surface area contributed by atoms with Crippen molar-refractivity contribution in [3.8, 4) is 67.5 Å². The number of fused-ring (bicyclic) bond motifs is 28. The van der Waals surface area contributed by atoms with Crippen LogP contribution in [0.3, 0.4) is 0 Å². The number of nitrogens with zero attached hydrogens (tertiary/aromatic N) is 6. The van der Waals surface area contributed by atoms with E-state index in [0.717, 1.165) is 0 Å². The molecule has 0 saturated heterocycles. The summed E-state index contributed by atoms with van der Waals surface area (Å²) in [7, 11) is 0. The molecular weight excluding hydrogens is 1770 g/mol. The SMILES string of the molecule is c1ccc2c(-n3c4ccccc4c4cc(-c5ccc6c(c5)c5ccccc5n6-c5cccc6ccccc56)ccc43)cccc2c1.c1ccc2c(c1)ccc1ccc(-n3c4ccccc4c4cc(-c5ccc6c(c5)c5ccccc5n6-c5ccc6ccc7ccccc7c6c5)ccc43)cc12.c1ccc2cc(-n3c4ccccc4c4cc(-c5ccc6c(c5)c5ccccc5n6-c5ccc6ccccc6c5)ccc43)ccc2c1. The number of rotatable bonds is 9. The summed E-state index contributed by atoms with van der Waals surface area (Å²) in [5.74, 6) is 0. The average molecular weight is 1850 g/mol. The van der Waals surface area contributed by atoms with Gasteiger partial charge in [0.1, 0.15) is 0 Å². The van der Waals surface area contributed by atoms with Crippen LogP contribution in [0.25, 0.3) is 285 Å². The summed E-state index contributed by atoms with van der Waals surface area (Å²) in [4.78, 5) is 0. The molecule has 32 rings (SSSR count). The van der Waals surface area contributed by atoms with E-state index >= 15 is 0 Å². The second-order valence-corrected chi connectivity index (χ2v) is 39.0. The van der Waals surface area contributed by atoms with Crippen molar-refractivity contribution in [1.29, 1.82) is 0 Å². The normalized spacial score (nSPS) is 12.0. The van der Waals surface area contributed by atoms with Crippen LogP contribution in [-0.4, -0.2) is 27.4 Å².